The topological polar surface area (TPSA) is 75.3 Å². The van der Waals surface area contributed by atoms with Gasteiger partial charge in [0.2, 0.25) is 11.8 Å². The zero-order chi connectivity index (χ0) is 14.5. The number of Topliss-reactive ketones (excluding diaryl/α,β-unsaturated/α-hetero) is 1. The van der Waals surface area contributed by atoms with Crippen molar-refractivity contribution in [3.63, 3.8) is 0 Å². The molecule has 20 heavy (non-hydrogen) atoms. The predicted molar refractivity (Wildman–Crippen MR) is 77.1 cm³/mol. The molecule has 106 valence electrons. The Morgan fingerprint density at radius 2 is 2.00 bits per heavy atom. The zero-order valence-electron chi connectivity index (χ0n) is 11.1. The van der Waals surface area contributed by atoms with Crippen LogP contribution in [-0.2, 0) is 20.8 Å². The largest absolute Gasteiger partial charge is 0.341 e. The summed E-state index contributed by atoms with van der Waals surface area (Å²) < 4.78 is 0. The second kappa shape index (κ2) is 6.56. The summed E-state index contributed by atoms with van der Waals surface area (Å²) in [5, 5.41) is 5.16. The Kier molecular flexibility index (Phi) is 4.79. The van der Waals surface area contributed by atoms with Gasteiger partial charge in [0.1, 0.15) is 17.2 Å². The Labute approximate surface area is 121 Å². The fourth-order valence-corrected chi connectivity index (χ4v) is 2.84. The van der Waals surface area contributed by atoms with Crippen molar-refractivity contribution in [1.29, 1.82) is 0 Å². The van der Waals surface area contributed by atoms with Crippen LogP contribution < -0.4 is 10.6 Å². The molecule has 5 nitrogen and oxygen atoms in total. The number of thioether (sulfide) groups is 1. The molecule has 1 aliphatic heterocycles. The molecule has 0 spiro atoms. The summed E-state index contributed by atoms with van der Waals surface area (Å²) in [5.41, 5.74) is 0.901. The van der Waals surface area contributed by atoms with Crippen LogP contribution >= 0.6 is 11.8 Å². The number of hydrogen-bond acceptors (Lipinski definition) is 4. The first-order valence-electron chi connectivity index (χ1n) is 6.31. The van der Waals surface area contributed by atoms with E-state index in [-0.39, 0.29) is 29.4 Å². The number of carbonyl (C=O) groups excluding carboxylic acids is 3. The molecule has 0 radical (unpaired) electrons. The van der Waals surface area contributed by atoms with Gasteiger partial charge in [0, 0.05) is 0 Å². The standard InChI is InChI=1S/C14H16N2O3S/c1-9(17)8-20-14-12(13(19)16-14)15-11(18)7-10-5-3-2-4-6-10/h2-6,12,14H,7-8H2,1H3,(H,15,18)(H,16,19). The van der Waals surface area contributed by atoms with Crippen LogP contribution in [0.5, 0.6) is 0 Å². The van der Waals surface area contributed by atoms with Gasteiger partial charge < -0.3 is 10.6 Å². The van der Waals surface area contributed by atoms with Crippen LogP contribution in [0.3, 0.4) is 0 Å². The maximum Gasteiger partial charge on any atom is 0.246 e. The average Bonchev–Trinajstić information content (AvgIpc) is 2.41. The van der Waals surface area contributed by atoms with Crippen LogP contribution in [0, 0.1) is 0 Å². The molecule has 2 amide bonds. The molecule has 2 atom stereocenters. The van der Waals surface area contributed by atoms with Gasteiger partial charge in [-0.15, -0.1) is 11.8 Å². The number of rotatable bonds is 6. The molecule has 2 unspecified atom stereocenters. The first kappa shape index (κ1) is 14.6. The van der Waals surface area contributed by atoms with Crippen molar-refractivity contribution in [3.05, 3.63) is 35.9 Å². The number of nitrogens with one attached hydrogen (secondary N) is 2. The highest BCUT2D eigenvalue weighted by Gasteiger charge is 2.40. The Morgan fingerprint density at radius 3 is 2.60 bits per heavy atom. The minimum atomic E-state index is -0.546. The maximum absolute atomic E-state index is 11.9. The van der Waals surface area contributed by atoms with Crippen molar-refractivity contribution in [3.8, 4) is 0 Å². The van der Waals surface area contributed by atoms with E-state index < -0.39 is 6.04 Å². The number of amides is 2. The van der Waals surface area contributed by atoms with Gasteiger partial charge in [-0.2, -0.15) is 0 Å². The van der Waals surface area contributed by atoms with Gasteiger partial charge in [0.25, 0.3) is 0 Å². The molecule has 0 saturated carbocycles. The average molecular weight is 292 g/mol. The molecule has 0 aromatic heterocycles. The maximum atomic E-state index is 11.9. The summed E-state index contributed by atoms with van der Waals surface area (Å²) in [6.07, 6.45) is 0.245. The third-order valence-electron chi connectivity index (χ3n) is 2.86. The third kappa shape index (κ3) is 3.84. The fraction of sp³-hybridized carbons (Fsp3) is 0.357. The van der Waals surface area contributed by atoms with Crippen LogP contribution in [0.15, 0.2) is 30.3 Å². The van der Waals surface area contributed by atoms with Gasteiger partial charge in [-0.3, -0.25) is 14.4 Å². The van der Waals surface area contributed by atoms with Crippen molar-refractivity contribution >= 4 is 29.4 Å². The number of carbonyl (C=O) groups is 3. The van der Waals surface area contributed by atoms with E-state index in [2.05, 4.69) is 10.6 Å². The lowest BCUT2D eigenvalue weighted by molar-refractivity contribution is -0.134. The number of β-lactam (4-membered cyclic amide) rings is 1. The van der Waals surface area contributed by atoms with E-state index in [1.165, 1.54) is 18.7 Å². The van der Waals surface area contributed by atoms with E-state index in [0.717, 1.165) is 5.56 Å². The fourth-order valence-electron chi connectivity index (χ4n) is 1.85. The molecule has 1 aromatic carbocycles. The van der Waals surface area contributed by atoms with E-state index in [4.69, 9.17) is 0 Å². The first-order valence-corrected chi connectivity index (χ1v) is 7.36. The highest BCUT2D eigenvalue weighted by molar-refractivity contribution is 8.00. The second-order valence-electron chi connectivity index (χ2n) is 4.65. The van der Waals surface area contributed by atoms with E-state index in [9.17, 15) is 14.4 Å². The van der Waals surface area contributed by atoms with Crippen LogP contribution in [0.2, 0.25) is 0 Å². The zero-order valence-corrected chi connectivity index (χ0v) is 11.9. The number of benzene rings is 1. The first-order chi connectivity index (χ1) is 9.56. The molecule has 0 aliphatic carbocycles. The summed E-state index contributed by atoms with van der Waals surface area (Å²) in [4.78, 5) is 34.2. The van der Waals surface area contributed by atoms with Gasteiger partial charge in [-0.1, -0.05) is 30.3 Å². The monoisotopic (exact) mass is 292 g/mol. The van der Waals surface area contributed by atoms with Gasteiger partial charge in [0.15, 0.2) is 0 Å². The lowest BCUT2D eigenvalue weighted by Crippen LogP contribution is -2.68. The van der Waals surface area contributed by atoms with Crippen molar-refractivity contribution in [2.24, 2.45) is 0 Å². The molecule has 1 heterocycles. The van der Waals surface area contributed by atoms with Crippen LogP contribution in [0.4, 0.5) is 0 Å². The van der Waals surface area contributed by atoms with Gasteiger partial charge in [-0.25, -0.2) is 0 Å². The number of ketones is 1. The molecule has 1 aromatic rings. The lowest BCUT2D eigenvalue weighted by atomic mass is 10.1. The third-order valence-corrected chi connectivity index (χ3v) is 4.18. The highest BCUT2D eigenvalue weighted by atomic mass is 32.2. The Hall–Kier alpha value is -1.82. The molecular formula is C14H16N2O3S. The summed E-state index contributed by atoms with van der Waals surface area (Å²) in [5.74, 6) is -0.0156. The smallest absolute Gasteiger partial charge is 0.246 e. The molecule has 1 saturated heterocycles. The SMILES string of the molecule is CC(=O)CSC1NC(=O)C1NC(=O)Cc1ccccc1. The van der Waals surface area contributed by atoms with Gasteiger partial charge >= 0.3 is 0 Å². The molecular weight excluding hydrogens is 276 g/mol. The van der Waals surface area contributed by atoms with Crippen molar-refractivity contribution in [2.45, 2.75) is 24.8 Å². The molecule has 6 heteroatoms. The molecule has 2 N–H and O–H groups in total. The highest BCUT2D eigenvalue weighted by Crippen LogP contribution is 2.20. The molecule has 1 fully saturated rings. The normalized spacial score (nSPS) is 20.8. The Balaban J connectivity index is 1.83. The molecule has 1 aliphatic rings. The molecule has 2 rings (SSSR count). The Morgan fingerprint density at radius 1 is 1.30 bits per heavy atom. The lowest BCUT2D eigenvalue weighted by Gasteiger charge is -2.36. The quantitative estimate of drug-likeness (QED) is 0.748. The van der Waals surface area contributed by atoms with Crippen molar-refractivity contribution < 1.29 is 14.4 Å². The summed E-state index contributed by atoms with van der Waals surface area (Å²) in [7, 11) is 0. The predicted octanol–water partition coefficient (Wildman–Crippen LogP) is 0.492. The summed E-state index contributed by atoms with van der Waals surface area (Å²) >= 11 is 1.34. The van der Waals surface area contributed by atoms with Crippen LogP contribution in [0.25, 0.3) is 0 Å². The van der Waals surface area contributed by atoms with E-state index in [1.807, 2.05) is 30.3 Å². The minimum absolute atomic E-state index is 0.0468. The van der Waals surface area contributed by atoms with E-state index in [1.54, 1.807) is 0 Å². The van der Waals surface area contributed by atoms with Crippen molar-refractivity contribution in [1.82, 2.24) is 10.6 Å². The molecule has 0 bridgehead atoms. The Bertz CT molecular complexity index is 518. The second-order valence-corrected chi connectivity index (χ2v) is 5.78. The summed E-state index contributed by atoms with van der Waals surface area (Å²) in [6, 6.07) is 8.80. The van der Waals surface area contributed by atoms with Gasteiger partial charge in [0.05, 0.1) is 12.2 Å². The summed E-state index contributed by atoms with van der Waals surface area (Å²) in [6.45, 7) is 1.50. The van der Waals surface area contributed by atoms with Crippen LogP contribution in [0.1, 0.15) is 12.5 Å². The number of hydrogen-bond donors (Lipinski definition) is 2. The minimum Gasteiger partial charge on any atom is -0.341 e. The van der Waals surface area contributed by atoms with E-state index >= 15 is 0 Å². The van der Waals surface area contributed by atoms with Crippen LogP contribution in [-0.4, -0.2) is 34.8 Å². The van der Waals surface area contributed by atoms with Crippen molar-refractivity contribution in [2.75, 3.05) is 5.75 Å². The van der Waals surface area contributed by atoms with E-state index in [0.29, 0.717) is 5.75 Å². The van der Waals surface area contributed by atoms with Gasteiger partial charge in [-0.05, 0) is 12.5 Å².